The summed E-state index contributed by atoms with van der Waals surface area (Å²) in [5.41, 5.74) is 0.0206. The molecule has 4 rings (SSSR count). The van der Waals surface area contributed by atoms with Crippen molar-refractivity contribution in [1.82, 2.24) is 19.6 Å². The van der Waals surface area contributed by atoms with E-state index in [-0.39, 0.29) is 6.10 Å². The lowest BCUT2D eigenvalue weighted by atomic mass is 10.1. The quantitative estimate of drug-likeness (QED) is 0.715. The summed E-state index contributed by atoms with van der Waals surface area (Å²) in [5.74, 6) is 0.866. The molecule has 0 saturated carbocycles. The van der Waals surface area contributed by atoms with Crippen LogP contribution in [0.25, 0.3) is 5.65 Å². The fraction of sp³-hybridized carbons (Fsp3) is 0.353. The number of pyridine rings is 1. The Morgan fingerprint density at radius 2 is 1.88 bits per heavy atom. The predicted octanol–water partition coefficient (Wildman–Crippen LogP) is 3.19. The lowest BCUT2D eigenvalue weighted by Crippen LogP contribution is -2.38. The third-order valence-electron chi connectivity index (χ3n) is 4.36. The van der Waals surface area contributed by atoms with E-state index in [1.807, 2.05) is 4.90 Å². The highest BCUT2D eigenvalue weighted by atomic mass is 19.4. The van der Waals surface area contributed by atoms with E-state index >= 15 is 0 Å². The van der Waals surface area contributed by atoms with Crippen LogP contribution >= 0.6 is 0 Å². The van der Waals surface area contributed by atoms with Crippen molar-refractivity contribution in [2.75, 3.05) is 18.0 Å². The van der Waals surface area contributed by atoms with E-state index < -0.39 is 11.7 Å². The molecule has 0 atom stereocenters. The molecule has 0 unspecified atom stereocenters. The van der Waals surface area contributed by atoms with E-state index in [0.717, 1.165) is 12.1 Å². The van der Waals surface area contributed by atoms with Crippen LogP contribution in [0.1, 0.15) is 18.4 Å². The summed E-state index contributed by atoms with van der Waals surface area (Å²) in [7, 11) is 0. The van der Waals surface area contributed by atoms with Crippen LogP contribution in [0, 0.1) is 0 Å². The smallest absolute Gasteiger partial charge is 0.416 e. The first-order chi connectivity index (χ1) is 12.5. The highest BCUT2D eigenvalue weighted by molar-refractivity contribution is 5.42. The summed E-state index contributed by atoms with van der Waals surface area (Å²) in [5, 5.41) is 4.08. The molecular formula is C17H16F3N5O. The molecule has 9 heteroatoms. The van der Waals surface area contributed by atoms with Gasteiger partial charge in [-0.3, -0.25) is 0 Å². The maximum atomic E-state index is 12.8. The van der Waals surface area contributed by atoms with Crippen LogP contribution in [0.5, 0.6) is 5.88 Å². The zero-order valence-electron chi connectivity index (χ0n) is 13.7. The molecule has 1 saturated heterocycles. The van der Waals surface area contributed by atoms with Crippen LogP contribution in [-0.2, 0) is 6.18 Å². The van der Waals surface area contributed by atoms with Crippen molar-refractivity contribution < 1.29 is 17.9 Å². The number of rotatable bonds is 3. The van der Waals surface area contributed by atoms with Crippen molar-refractivity contribution in [2.45, 2.75) is 25.1 Å². The van der Waals surface area contributed by atoms with Crippen molar-refractivity contribution in [3.05, 3.63) is 48.4 Å². The topological polar surface area (TPSA) is 55.6 Å². The standard InChI is InChI=1S/C17H16F3N5O/c18-17(19,20)12-1-6-21-15(11-12)24-8-3-13(4-9-24)26-16-5-10-25-14(23-16)2-7-22-25/h1-2,5-7,10-11,13H,3-4,8-9H2. The third kappa shape index (κ3) is 3.42. The highest BCUT2D eigenvalue weighted by Crippen LogP contribution is 2.31. The van der Waals surface area contributed by atoms with Gasteiger partial charge in [0.1, 0.15) is 11.9 Å². The first kappa shape index (κ1) is 16.6. The molecule has 1 fully saturated rings. The van der Waals surface area contributed by atoms with Crippen molar-refractivity contribution in [1.29, 1.82) is 0 Å². The van der Waals surface area contributed by atoms with Gasteiger partial charge in [-0.1, -0.05) is 0 Å². The van der Waals surface area contributed by atoms with E-state index in [4.69, 9.17) is 4.74 Å². The van der Waals surface area contributed by atoms with E-state index in [1.54, 1.807) is 29.0 Å². The average molecular weight is 363 g/mol. The molecule has 4 heterocycles. The van der Waals surface area contributed by atoms with Crippen LogP contribution in [0.4, 0.5) is 19.0 Å². The summed E-state index contributed by atoms with van der Waals surface area (Å²) < 4.78 is 46.1. The fourth-order valence-electron chi connectivity index (χ4n) is 3.00. The monoisotopic (exact) mass is 363 g/mol. The van der Waals surface area contributed by atoms with Crippen LogP contribution < -0.4 is 9.64 Å². The van der Waals surface area contributed by atoms with Gasteiger partial charge in [-0.25, -0.2) is 9.50 Å². The molecule has 0 spiro atoms. The number of hydrogen-bond donors (Lipinski definition) is 0. The molecule has 0 radical (unpaired) electrons. The van der Waals surface area contributed by atoms with Crippen molar-refractivity contribution >= 4 is 11.5 Å². The van der Waals surface area contributed by atoms with Gasteiger partial charge >= 0.3 is 6.18 Å². The lowest BCUT2D eigenvalue weighted by Gasteiger charge is -2.32. The van der Waals surface area contributed by atoms with E-state index in [1.165, 1.54) is 6.20 Å². The Morgan fingerprint density at radius 3 is 2.65 bits per heavy atom. The molecule has 0 N–H and O–H groups in total. The number of piperidine rings is 1. The van der Waals surface area contributed by atoms with Gasteiger partial charge in [-0.2, -0.15) is 23.3 Å². The zero-order valence-corrected chi connectivity index (χ0v) is 13.7. The summed E-state index contributed by atoms with van der Waals surface area (Å²) >= 11 is 0. The maximum Gasteiger partial charge on any atom is 0.416 e. The molecular weight excluding hydrogens is 347 g/mol. The van der Waals surface area contributed by atoms with Gasteiger partial charge in [-0.05, 0) is 12.1 Å². The fourth-order valence-corrected chi connectivity index (χ4v) is 3.00. The number of hydrogen-bond acceptors (Lipinski definition) is 5. The molecule has 26 heavy (non-hydrogen) atoms. The second kappa shape index (κ2) is 6.47. The molecule has 3 aromatic rings. The first-order valence-electron chi connectivity index (χ1n) is 8.24. The number of fused-ring (bicyclic) bond motifs is 1. The van der Waals surface area contributed by atoms with E-state index in [2.05, 4.69) is 15.1 Å². The Morgan fingerprint density at radius 1 is 1.08 bits per heavy atom. The first-order valence-corrected chi connectivity index (χ1v) is 8.24. The second-order valence-corrected chi connectivity index (χ2v) is 6.10. The number of nitrogens with zero attached hydrogens (tertiary/aromatic N) is 5. The SMILES string of the molecule is FC(F)(F)c1ccnc(N2CCC(Oc3ccn4nccc4n3)CC2)c1. The summed E-state index contributed by atoms with van der Waals surface area (Å²) in [6.45, 7) is 1.15. The second-order valence-electron chi connectivity index (χ2n) is 6.10. The molecule has 0 bridgehead atoms. The van der Waals surface area contributed by atoms with Gasteiger partial charge in [0.05, 0.1) is 11.8 Å². The van der Waals surface area contributed by atoms with Crippen molar-refractivity contribution in [3.63, 3.8) is 0 Å². The number of ether oxygens (including phenoxy) is 1. The minimum absolute atomic E-state index is 0.0325. The molecule has 1 aliphatic heterocycles. The Hall–Kier alpha value is -2.84. The van der Waals surface area contributed by atoms with Crippen LogP contribution in [0.2, 0.25) is 0 Å². The molecule has 1 aliphatic rings. The molecule has 3 aromatic heterocycles. The summed E-state index contributed by atoms with van der Waals surface area (Å²) in [6, 6.07) is 5.61. The van der Waals surface area contributed by atoms with Gasteiger partial charge < -0.3 is 9.64 Å². The number of alkyl halides is 3. The lowest BCUT2D eigenvalue weighted by molar-refractivity contribution is -0.137. The summed E-state index contributed by atoms with van der Waals surface area (Å²) in [6.07, 6.45) is 1.61. The summed E-state index contributed by atoms with van der Waals surface area (Å²) in [4.78, 5) is 10.3. The third-order valence-corrected chi connectivity index (χ3v) is 4.36. The molecule has 0 aliphatic carbocycles. The Bertz CT molecular complexity index is 903. The number of halogens is 3. The van der Waals surface area contributed by atoms with Crippen molar-refractivity contribution in [2.24, 2.45) is 0 Å². The average Bonchev–Trinajstić information content (AvgIpc) is 3.10. The molecule has 0 aromatic carbocycles. The van der Waals surface area contributed by atoms with Crippen LogP contribution in [0.3, 0.4) is 0 Å². The van der Waals surface area contributed by atoms with Crippen LogP contribution in [-0.4, -0.2) is 38.8 Å². The van der Waals surface area contributed by atoms with E-state index in [0.29, 0.717) is 43.3 Å². The largest absolute Gasteiger partial charge is 0.474 e. The van der Waals surface area contributed by atoms with Gasteiger partial charge in [0.25, 0.3) is 0 Å². The Balaban J connectivity index is 1.39. The predicted molar refractivity (Wildman–Crippen MR) is 88.1 cm³/mol. The maximum absolute atomic E-state index is 12.8. The highest BCUT2D eigenvalue weighted by Gasteiger charge is 2.31. The number of aromatic nitrogens is 4. The molecule has 6 nitrogen and oxygen atoms in total. The zero-order chi connectivity index (χ0) is 18.1. The minimum atomic E-state index is -4.36. The normalized spacial score (nSPS) is 16.2. The molecule has 0 amide bonds. The van der Waals surface area contributed by atoms with Gasteiger partial charge in [-0.15, -0.1) is 0 Å². The Labute approximate surface area is 147 Å². The Kier molecular flexibility index (Phi) is 4.14. The van der Waals surface area contributed by atoms with Gasteiger partial charge in [0.15, 0.2) is 5.65 Å². The van der Waals surface area contributed by atoms with Gasteiger partial charge in [0, 0.05) is 50.5 Å². The van der Waals surface area contributed by atoms with Crippen molar-refractivity contribution in [3.8, 4) is 5.88 Å². The minimum Gasteiger partial charge on any atom is -0.474 e. The van der Waals surface area contributed by atoms with Gasteiger partial charge in [0.2, 0.25) is 5.88 Å². The van der Waals surface area contributed by atoms with E-state index in [9.17, 15) is 13.2 Å². The number of anilines is 1. The van der Waals surface area contributed by atoms with Crippen LogP contribution in [0.15, 0.2) is 42.9 Å². The molecule has 136 valence electrons.